The van der Waals surface area contributed by atoms with Crippen LogP contribution >= 0.6 is 0 Å². The number of ketones is 1. The van der Waals surface area contributed by atoms with Gasteiger partial charge in [-0.25, -0.2) is 13.4 Å². The van der Waals surface area contributed by atoms with Crippen molar-refractivity contribution in [3.05, 3.63) is 48.6 Å². The fraction of sp³-hybridized carbons (Fsp3) is 0.556. The zero-order valence-electron chi connectivity index (χ0n) is 21.9. The van der Waals surface area contributed by atoms with Gasteiger partial charge in [0.2, 0.25) is 5.91 Å². The second-order valence-corrected chi connectivity index (χ2v) is 12.6. The molecule has 2 amide bonds. The van der Waals surface area contributed by atoms with Gasteiger partial charge in [-0.2, -0.15) is 4.31 Å². The molecule has 11 heteroatoms. The molecule has 10 nitrogen and oxygen atoms in total. The molecular weight excluding hydrogens is 508 g/mol. The molecule has 0 radical (unpaired) electrons. The number of aromatic nitrogens is 1. The Morgan fingerprint density at radius 3 is 2.58 bits per heavy atom. The van der Waals surface area contributed by atoms with Crippen LogP contribution in [0.4, 0.5) is 0 Å². The number of sulfonamides is 1. The Balaban J connectivity index is 1.49. The summed E-state index contributed by atoms with van der Waals surface area (Å²) in [6, 6.07) is 5.54. The molecule has 4 rings (SSSR count). The second-order valence-electron chi connectivity index (χ2n) is 10.8. The summed E-state index contributed by atoms with van der Waals surface area (Å²) in [5.74, 6) is -1.25. The highest BCUT2D eigenvalue weighted by atomic mass is 32.2. The summed E-state index contributed by atoms with van der Waals surface area (Å²) in [5.41, 5.74) is -0.119. The van der Waals surface area contributed by atoms with Gasteiger partial charge in [0.15, 0.2) is 16.6 Å². The Kier molecular flexibility index (Phi) is 8.67. The highest BCUT2D eigenvalue weighted by Crippen LogP contribution is 2.39. The Morgan fingerprint density at radius 1 is 1.16 bits per heavy atom. The molecule has 3 heterocycles. The summed E-state index contributed by atoms with van der Waals surface area (Å²) in [7, 11) is -3.98. The molecule has 0 bridgehead atoms. The van der Waals surface area contributed by atoms with E-state index >= 15 is 0 Å². The zero-order chi connectivity index (χ0) is 27.3. The van der Waals surface area contributed by atoms with Crippen LogP contribution in [0.2, 0.25) is 0 Å². The number of nitrogens with one attached hydrogen (secondary N) is 2. The molecule has 38 heavy (non-hydrogen) atoms. The molecule has 2 aromatic rings. The SMILES string of the molecule is C[C@@H]1CC[C@H](NC(=O)[C@H](CC2(C)CCCCC2)NC(=O)c2ccco2)C(=O)CN1S(=O)(=O)c1ccccn1. The molecule has 3 atom stereocenters. The van der Waals surface area contributed by atoms with E-state index in [1.165, 1.54) is 24.6 Å². The van der Waals surface area contributed by atoms with Crippen LogP contribution in [0, 0.1) is 5.41 Å². The fourth-order valence-corrected chi connectivity index (χ4v) is 7.01. The molecule has 1 aliphatic carbocycles. The van der Waals surface area contributed by atoms with Crippen molar-refractivity contribution in [2.75, 3.05) is 6.54 Å². The largest absolute Gasteiger partial charge is 0.459 e. The first kappa shape index (κ1) is 28.0. The lowest BCUT2D eigenvalue weighted by Gasteiger charge is -2.36. The average molecular weight is 545 g/mol. The monoisotopic (exact) mass is 544 g/mol. The number of nitrogens with zero attached hydrogens (tertiary/aromatic N) is 2. The summed E-state index contributed by atoms with van der Waals surface area (Å²) in [6.07, 6.45) is 9.07. The van der Waals surface area contributed by atoms with E-state index in [9.17, 15) is 22.8 Å². The third kappa shape index (κ3) is 6.50. The summed E-state index contributed by atoms with van der Waals surface area (Å²) in [5, 5.41) is 5.51. The van der Waals surface area contributed by atoms with E-state index in [0.29, 0.717) is 12.8 Å². The van der Waals surface area contributed by atoms with Gasteiger partial charge >= 0.3 is 0 Å². The van der Waals surface area contributed by atoms with E-state index in [1.807, 2.05) is 0 Å². The standard InChI is InChI=1S/C27H36N4O6S/c1-19-11-12-20(22(32)18-31(19)38(35,36)24-10-4-7-15-28-24)29-25(33)21(17-27(2)13-5-3-6-14-27)30-26(34)23-9-8-16-37-23/h4,7-10,15-16,19-21H,3,5-6,11-14,17-18H2,1-2H3,(H,29,33)(H,30,34)/t19-,20+,21+/m1/s1. The number of carbonyl (C=O) groups excluding carboxylic acids is 3. The maximum Gasteiger partial charge on any atom is 0.287 e. The van der Waals surface area contributed by atoms with E-state index in [2.05, 4.69) is 22.5 Å². The van der Waals surface area contributed by atoms with Crippen LogP contribution in [0.3, 0.4) is 0 Å². The predicted molar refractivity (Wildman–Crippen MR) is 140 cm³/mol. The molecule has 1 saturated carbocycles. The highest BCUT2D eigenvalue weighted by Gasteiger charge is 2.39. The number of amides is 2. The third-order valence-electron chi connectivity index (χ3n) is 7.72. The van der Waals surface area contributed by atoms with Crippen molar-refractivity contribution in [2.24, 2.45) is 5.41 Å². The van der Waals surface area contributed by atoms with Crippen molar-refractivity contribution in [3.63, 3.8) is 0 Å². The number of furan rings is 1. The summed E-state index contributed by atoms with van der Waals surface area (Å²) < 4.78 is 32.7. The Labute approximate surface area is 223 Å². The van der Waals surface area contributed by atoms with Gasteiger partial charge in [0, 0.05) is 12.2 Å². The van der Waals surface area contributed by atoms with Gasteiger partial charge in [-0.1, -0.05) is 32.3 Å². The molecule has 2 aromatic heterocycles. The van der Waals surface area contributed by atoms with Crippen LogP contribution in [0.25, 0.3) is 0 Å². The molecule has 0 unspecified atom stereocenters. The first-order valence-corrected chi connectivity index (χ1v) is 14.6. The number of hydrogen-bond donors (Lipinski definition) is 2. The highest BCUT2D eigenvalue weighted by molar-refractivity contribution is 7.89. The first-order valence-electron chi connectivity index (χ1n) is 13.2. The fourth-order valence-electron chi connectivity index (χ4n) is 5.45. The van der Waals surface area contributed by atoms with E-state index < -0.39 is 45.7 Å². The van der Waals surface area contributed by atoms with Crippen LogP contribution in [0.1, 0.15) is 75.8 Å². The van der Waals surface area contributed by atoms with E-state index in [0.717, 1.165) is 36.4 Å². The third-order valence-corrected chi connectivity index (χ3v) is 9.59. The van der Waals surface area contributed by atoms with Crippen LogP contribution in [0.5, 0.6) is 0 Å². The Morgan fingerprint density at radius 2 is 1.92 bits per heavy atom. The normalized spacial score (nSPS) is 23.3. The van der Waals surface area contributed by atoms with Crippen LogP contribution in [-0.4, -0.2) is 60.0 Å². The van der Waals surface area contributed by atoms with E-state index in [4.69, 9.17) is 4.42 Å². The molecule has 2 N–H and O–H groups in total. The first-order chi connectivity index (χ1) is 18.1. The van der Waals surface area contributed by atoms with Gasteiger partial charge in [-0.3, -0.25) is 14.4 Å². The molecule has 1 aliphatic heterocycles. The predicted octanol–water partition coefficient (Wildman–Crippen LogP) is 3.06. The lowest BCUT2D eigenvalue weighted by molar-refractivity contribution is -0.129. The number of Topliss-reactive ketones (excluding diaryl/α,β-unsaturated/α-hetero) is 1. The van der Waals surface area contributed by atoms with Gasteiger partial charge in [0.1, 0.15) is 6.04 Å². The second kappa shape index (κ2) is 11.8. The van der Waals surface area contributed by atoms with Crippen molar-refractivity contribution in [1.82, 2.24) is 19.9 Å². The molecule has 2 aliphatic rings. The van der Waals surface area contributed by atoms with Crippen LogP contribution < -0.4 is 10.6 Å². The maximum atomic E-state index is 13.5. The Hall–Kier alpha value is -3.05. The average Bonchev–Trinajstić information content (AvgIpc) is 3.40. The summed E-state index contributed by atoms with van der Waals surface area (Å²) >= 11 is 0. The van der Waals surface area contributed by atoms with Crippen LogP contribution in [-0.2, 0) is 19.6 Å². The van der Waals surface area contributed by atoms with Crippen LogP contribution in [0.15, 0.2) is 52.2 Å². The Bertz CT molecular complexity index is 1230. The molecule has 1 saturated heterocycles. The molecule has 0 aromatic carbocycles. The van der Waals surface area contributed by atoms with E-state index in [1.54, 1.807) is 25.1 Å². The van der Waals surface area contributed by atoms with Gasteiger partial charge < -0.3 is 15.1 Å². The van der Waals surface area contributed by atoms with E-state index in [-0.39, 0.29) is 29.2 Å². The van der Waals surface area contributed by atoms with Crippen molar-refractivity contribution in [2.45, 2.75) is 88.4 Å². The number of hydrogen-bond acceptors (Lipinski definition) is 7. The van der Waals surface area contributed by atoms with Crippen molar-refractivity contribution in [1.29, 1.82) is 0 Å². The summed E-state index contributed by atoms with van der Waals surface area (Å²) in [4.78, 5) is 43.5. The molecule has 0 spiro atoms. The molecular formula is C27H36N4O6S. The zero-order valence-corrected chi connectivity index (χ0v) is 22.7. The minimum atomic E-state index is -3.98. The van der Waals surface area contributed by atoms with Gasteiger partial charge in [0.25, 0.3) is 15.9 Å². The number of rotatable bonds is 8. The summed E-state index contributed by atoms with van der Waals surface area (Å²) in [6.45, 7) is 3.50. The van der Waals surface area contributed by atoms with Crippen molar-refractivity contribution in [3.8, 4) is 0 Å². The van der Waals surface area contributed by atoms with Gasteiger partial charge in [-0.15, -0.1) is 0 Å². The minimum Gasteiger partial charge on any atom is -0.459 e. The van der Waals surface area contributed by atoms with Crippen molar-refractivity contribution < 1.29 is 27.2 Å². The molecule has 2 fully saturated rings. The lowest BCUT2D eigenvalue weighted by atomic mass is 9.71. The van der Waals surface area contributed by atoms with Gasteiger partial charge in [0.05, 0.1) is 18.8 Å². The lowest BCUT2D eigenvalue weighted by Crippen LogP contribution is -2.53. The van der Waals surface area contributed by atoms with Gasteiger partial charge in [-0.05, 0) is 68.7 Å². The number of carbonyl (C=O) groups is 3. The number of pyridine rings is 1. The minimum absolute atomic E-state index is 0.103. The topological polar surface area (TPSA) is 139 Å². The quantitative estimate of drug-likeness (QED) is 0.521. The smallest absolute Gasteiger partial charge is 0.287 e. The molecule has 206 valence electrons. The maximum absolute atomic E-state index is 13.5. The van der Waals surface area contributed by atoms with Crippen molar-refractivity contribution >= 4 is 27.6 Å².